The van der Waals surface area contributed by atoms with Crippen LogP contribution in [0, 0.1) is 6.92 Å². The Labute approximate surface area is 126 Å². The normalized spacial score (nSPS) is 13.2. The lowest BCUT2D eigenvalue weighted by atomic mass is 10.1. The van der Waals surface area contributed by atoms with Crippen molar-refractivity contribution in [3.8, 4) is 0 Å². The van der Waals surface area contributed by atoms with Gasteiger partial charge in [0, 0.05) is 11.8 Å². The van der Waals surface area contributed by atoms with Crippen molar-refractivity contribution in [1.29, 1.82) is 0 Å². The number of aliphatic carboxylic acids is 1. The number of hydrogen-bond donors (Lipinski definition) is 3. The van der Waals surface area contributed by atoms with Gasteiger partial charge in [0.25, 0.3) is 5.56 Å². The van der Waals surface area contributed by atoms with E-state index in [0.717, 1.165) is 0 Å². The van der Waals surface area contributed by atoms with Crippen molar-refractivity contribution < 1.29 is 19.5 Å². The average Bonchev–Trinajstić information content (AvgIpc) is 2.43. The lowest BCUT2D eigenvalue weighted by Gasteiger charge is -2.20. The number of nitrogens with two attached hydrogens (primary N) is 1. The number of carboxylic acids is 1. The number of nitrogens with zero attached hydrogens (tertiary/aromatic N) is 1. The van der Waals surface area contributed by atoms with Crippen LogP contribution in [0.1, 0.15) is 31.4 Å². The van der Waals surface area contributed by atoms with E-state index in [-0.39, 0.29) is 12.0 Å². The highest BCUT2D eigenvalue weighted by molar-refractivity contribution is 5.89. The molecule has 4 N–H and O–H groups in total. The first-order valence-corrected chi connectivity index (χ1v) is 6.77. The Morgan fingerprint density at radius 2 is 2.05 bits per heavy atom. The molecule has 8 heteroatoms. The Morgan fingerprint density at radius 3 is 2.55 bits per heavy atom. The highest BCUT2D eigenvalue weighted by Crippen LogP contribution is 2.10. The van der Waals surface area contributed by atoms with Crippen molar-refractivity contribution >= 4 is 17.8 Å². The zero-order chi connectivity index (χ0) is 16.9. The predicted octanol–water partition coefficient (Wildman–Crippen LogP) is -0.447. The molecule has 0 saturated heterocycles. The molecule has 0 fully saturated rings. The predicted molar refractivity (Wildman–Crippen MR) is 78.1 cm³/mol. The summed E-state index contributed by atoms with van der Waals surface area (Å²) in [6.07, 6.45) is 1.24. The summed E-state index contributed by atoms with van der Waals surface area (Å²) in [5.74, 6) is -2.85. The van der Waals surface area contributed by atoms with E-state index in [0.29, 0.717) is 5.56 Å². The summed E-state index contributed by atoms with van der Waals surface area (Å²) < 4.78 is 1.24. The second-order valence-electron chi connectivity index (χ2n) is 4.90. The molecule has 2 atom stereocenters. The van der Waals surface area contributed by atoms with E-state index in [9.17, 15) is 19.2 Å². The number of primary amides is 1. The highest BCUT2D eigenvalue weighted by Gasteiger charge is 2.27. The van der Waals surface area contributed by atoms with Gasteiger partial charge in [0.2, 0.25) is 11.8 Å². The number of carbonyl (C=O) groups is 3. The molecule has 2 unspecified atom stereocenters. The lowest BCUT2D eigenvalue weighted by Crippen LogP contribution is -2.47. The summed E-state index contributed by atoms with van der Waals surface area (Å²) in [5, 5.41) is 11.2. The third-order valence-corrected chi connectivity index (χ3v) is 3.21. The minimum absolute atomic E-state index is 0.290. The Hall–Kier alpha value is -2.64. The molecule has 120 valence electrons. The van der Waals surface area contributed by atoms with Crippen LogP contribution in [0.2, 0.25) is 0 Å². The molecule has 1 rings (SSSR count). The fourth-order valence-electron chi connectivity index (χ4n) is 2.05. The molecule has 0 spiro atoms. The molecule has 0 aliphatic carbocycles. The first-order chi connectivity index (χ1) is 10.3. The van der Waals surface area contributed by atoms with Gasteiger partial charge < -0.3 is 20.7 Å². The van der Waals surface area contributed by atoms with E-state index in [1.165, 1.54) is 10.8 Å². The van der Waals surface area contributed by atoms with E-state index in [1.54, 1.807) is 26.0 Å². The lowest BCUT2D eigenvalue weighted by molar-refractivity contribution is -0.143. The van der Waals surface area contributed by atoms with Gasteiger partial charge in [-0.25, -0.2) is 4.79 Å². The molecule has 1 aromatic heterocycles. The minimum Gasteiger partial charge on any atom is -0.480 e. The van der Waals surface area contributed by atoms with Crippen molar-refractivity contribution in [3.05, 3.63) is 34.2 Å². The molecule has 2 amide bonds. The number of carbonyl (C=O) groups excluding carboxylic acids is 2. The number of rotatable bonds is 7. The van der Waals surface area contributed by atoms with Crippen molar-refractivity contribution in [2.24, 2.45) is 5.73 Å². The van der Waals surface area contributed by atoms with E-state index >= 15 is 0 Å². The summed E-state index contributed by atoms with van der Waals surface area (Å²) in [5.41, 5.74) is 5.11. The van der Waals surface area contributed by atoms with Gasteiger partial charge in [-0.3, -0.25) is 14.4 Å². The number of aromatic nitrogens is 1. The van der Waals surface area contributed by atoms with Crippen LogP contribution in [0.15, 0.2) is 23.1 Å². The van der Waals surface area contributed by atoms with Gasteiger partial charge in [-0.05, 0) is 19.4 Å². The molecule has 0 aromatic carbocycles. The van der Waals surface area contributed by atoms with Crippen LogP contribution in [0.3, 0.4) is 0 Å². The third kappa shape index (κ3) is 4.18. The SMILES string of the molecule is CCC(C(=O)NC(CC(N)=O)C(=O)O)n1cccc(C)c1=O. The molecule has 8 nitrogen and oxygen atoms in total. The van der Waals surface area contributed by atoms with Crippen LogP contribution in [-0.2, 0) is 14.4 Å². The van der Waals surface area contributed by atoms with Gasteiger partial charge in [0.05, 0.1) is 6.42 Å². The maximum absolute atomic E-state index is 12.2. The van der Waals surface area contributed by atoms with Gasteiger partial charge in [-0.15, -0.1) is 0 Å². The summed E-state index contributed by atoms with van der Waals surface area (Å²) in [6.45, 7) is 3.32. The summed E-state index contributed by atoms with van der Waals surface area (Å²) in [4.78, 5) is 46.2. The molecule has 1 aromatic rings. The van der Waals surface area contributed by atoms with Crippen molar-refractivity contribution in [1.82, 2.24) is 9.88 Å². The molecule has 1 heterocycles. The Morgan fingerprint density at radius 1 is 1.41 bits per heavy atom. The van der Waals surface area contributed by atoms with Crippen molar-refractivity contribution in [2.75, 3.05) is 0 Å². The maximum Gasteiger partial charge on any atom is 0.326 e. The van der Waals surface area contributed by atoms with Crippen LogP contribution in [0.25, 0.3) is 0 Å². The number of pyridine rings is 1. The number of hydrogen-bond acceptors (Lipinski definition) is 4. The summed E-state index contributed by atoms with van der Waals surface area (Å²) >= 11 is 0. The summed E-state index contributed by atoms with van der Waals surface area (Å²) in [6, 6.07) is 0.975. The second kappa shape index (κ2) is 7.39. The van der Waals surface area contributed by atoms with Gasteiger partial charge in [-0.1, -0.05) is 13.0 Å². The first kappa shape index (κ1) is 17.4. The Balaban J connectivity index is 3.02. The average molecular weight is 309 g/mol. The van der Waals surface area contributed by atoms with Crippen LogP contribution < -0.4 is 16.6 Å². The highest BCUT2D eigenvalue weighted by atomic mass is 16.4. The van der Waals surface area contributed by atoms with Gasteiger partial charge >= 0.3 is 5.97 Å². The van der Waals surface area contributed by atoms with E-state index in [1.807, 2.05) is 0 Å². The van der Waals surface area contributed by atoms with Crippen molar-refractivity contribution in [3.63, 3.8) is 0 Å². The molecule has 0 bridgehead atoms. The first-order valence-electron chi connectivity index (χ1n) is 6.77. The fourth-order valence-corrected chi connectivity index (χ4v) is 2.05. The zero-order valence-corrected chi connectivity index (χ0v) is 12.4. The molecule has 22 heavy (non-hydrogen) atoms. The molecule has 0 aliphatic heterocycles. The molecular formula is C14H19N3O5. The van der Waals surface area contributed by atoms with Crippen LogP contribution >= 0.6 is 0 Å². The third-order valence-electron chi connectivity index (χ3n) is 3.21. The molecular weight excluding hydrogens is 290 g/mol. The molecule has 0 saturated carbocycles. The largest absolute Gasteiger partial charge is 0.480 e. The van der Waals surface area contributed by atoms with Crippen LogP contribution in [0.4, 0.5) is 0 Å². The standard InChI is InChI=1S/C14H19N3O5/c1-3-10(17-6-4-5-8(2)13(17)20)12(19)16-9(14(21)22)7-11(15)18/h4-6,9-10H,3,7H2,1-2H3,(H2,15,18)(H,16,19)(H,21,22). The molecule has 0 aliphatic rings. The van der Waals surface area contributed by atoms with E-state index < -0.39 is 36.3 Å². The monoisotopic (exact) mass is 309 g/mol. The minimum atomic E-state index is -1.42. The van der Waals surface area contributed by atoms with Gasteiger partial charge in [0.15, 0.2) is 0 Å². The smallest absolute Gasteiger partial charge is 0.326 e. The Kier molecular flexibility index (Phi) is 5.85. The van der Waals surface area contributed by atoms with E-state index in [2.05, 4.69) is 5.32 Å². The molecule has 0 radical (unpaired) electrons. The Bertz CT molecular complexity index is 638. The number of amides is 2. The zero-order valence-electron chi connectivity index (χ0n) is 12.4. The quantitative estimate of drug-likeness (QED) is 0.628. The fraction of sp³-hybridized carbons (Fsp3) is 0.429. The maximum atomic E-state index is 12.2. The number of carboxylic acid groups (broad SMARTS) is 1. The van der Waals surface area contributed by atoms with Crippen LogP contribution in [-0.4, -0.2) is 33.5 Å². The number of aryl methyl sites for hydroxylation is 1. The van der Waals surface area contributed by atoms with Gasteiger partial charge in [0.1, 0.15) is 12.1 Å². The van der Waals surface area contributed by atoms with Crippen LogP contribution in [0.5, 0.6) is 0 Å². The van der Waals surface area contributed by atoms with Crippen molar-refractivity contribution in [2.45, 2.75) is 38.8 Å². The summed E-state index contributed by atoms with van der Waals surface area (Å²) in [7, 11) is 0. The second-order valence-corrected chi connectivity index (χ2v) is 4.90. The van der Waals surface area contributed by atoms with Gasteiger partial charge in [-0.2, -0.15) is 0 Å². The van der Waals surface area contributed by atoms with E-state index in [4.69, 9.17) is 10.8 Å². The topological polar surface area (TPSA) is 131 Å². The number of nitrogens with one attached hydrogen (secondary N) is 1.